The second-order valence-electron chi connectivity index (χ2n) is 7.40. The van der Waals surface area contributed by atoms with Crippen LogP contribution in [0.15, 0.2) is 48.5 Å². The van der Waals surface area contributed by atoms with Crippen molar-refractivity contribution in [2.24, 2.45) is 0 Å². The largest absolute Gasteiger partial charge is 0.372 e. The molecule has 0 atom stereocenters. The molecule has 1 heterocycles. The smallest absolute Gasteiger partial charge is 0.215 e. The Morgan fingerprint density at radius 2 is 1.67 bits per heavy atom. The van der Waals surface area contributed by atoms with Gasteiger partial charge in [-0.25, -0.2) is 13.1 Å². The number of hydrogen-bond donors (Lipinski definition) is 1. The molecular formula is C22H30N2O2S. The van der Waals surface area contributed by atoms with Crippen LogP contribution in [0.4, 0.5) is 5.69 Å². The Labute approximate surface area is 163 Å². The first-order chi connectivity index (χ1) is 13.0. The van der Waals surface area contributed by atoms with Gasteiger partial charge in [0.2, 0.25) is 10.0 Å². The molecule has 0 bridgehead atoms. The van der Waals surface area contributed by atoms with Gasteiger partial charge in [-0.2, -0.15) is 0 Å². The molecule has 2 aromatic carbocycles. The van der Waals surface area contributed by atoms with Gasteiger partial charge in [0.25, 0.3) is 0 Å². The minimum absolute atomic E-state index is 0.0458. The highest BCUT2D eigenvalue weighted by molar-refractivity contribution is 7.88. The van der Waals surface area contributed by atoms with Gasteiger partial charge in [-0.05, 0) is 67.9 Å². The van der Waals surface area contributed by atoms with Crippen LogP contribution in [-0.4, -0.2) is 28.1 Å². The average molecular weight is 387 g/mol. The molecule has 0 spiro atoms. The fraction of sp³-hybridized carbons (Fsp3) is 0.455. The van der Waals surface area contributed by atoms with Crippen LogP contribution >= 0.6 is 0 Å². The lowest BCUT2D eigenvalue weighted by atomic mass is 10.1. The summed E-state index contributed by atoms with van der Waals surface area (Å²) < 4.78 is 27.3. The summed E-state index contributed by atoms with van der Waals surface area (Å²) in [6, 6.07) is 16.4. The van der Waals surface area contributed by atoms with Gasteiger partial charge in [-0.1, -0.05) is 36.4 Å². The van der Waals surface area contributed by atoms with Gasteiger partial charge in [0.05, 0.1) is 5.75 Å². The minimum Gasteiger partial charge on any atom is -0.372 e. The van der Waals surface area contributed by atoms with Gasteiger partial charge in [0, 0.05) is 25.3 Å². The monoisotopic (exact) mass is 386 g/mol. The SMILES string of the molecule is Cc1ccccc1CS(=O)(=O)NCCCc1ccc(N2CCCCC2)cc1. The lowest BCUT2D eigenvalue weighted by molar-refractivity contribution is 0.577. The van der Waals surface area contributed by atoms with Gasteiger partial charge < -0.3 is 4.90 Å². The molecule has 4 nitrogen and oxygen atoms in total. The molecule has 1 aliphatic heterocycles. The minimum atomic E-state index is -3.29. The highest BCUT2D eigenvalue weighted by atomic mass is 32.2. The highest BCUT2D eigenvalue weighted by Gasteiger charge is 2.13. The number of aryl methyl sites for hydroxylation is 2. The average Bonchev–Trinajstić information content (AvgIpc) is 2.68. The van der Waals surface area contributed by atoms with Crippen LogP contribution in [0, 0.1) is 6.92 Å². The predicted molar refractivity (Wildman–Crippen MR) is 113 cm³/mol. The molecule has 0 aromatic heterocycles. The normalized spacial score (nSPS) is 15.1. The maximum Gasteiger partial charge on any atom is 0.215 e. The van der Waals surface area contributed by atoms with Gasteiger partial charge in [-0.3, -0.25) is 0 Å². The summed E-state index contributed by atoms with van der Waals surface area (Å²) in [4.78, 5) is 2.45. The number of sulfonamides is 1. The third kappa shape index (κ3) is 6.08. The van der Waals surface area contributed by atoms with E-state index in [0.29, 0.717) is 6.54 Å². The Bertz CT molecular complexity index is 826. The molecule has 1 fully saturated rings. The zero-order valence-electron chi connectivity index (χ0n) is 16.2. The molecule has 146 valence electrons. The molecule has 3 rings (SSSR count). The third-order valence-corrected chi connectivity index (χ3v) is 6.56. The van der Waals surface area contributed by atoms with E-state index in [1.165, 1.54) is 30.5 Å². The lowest BCUT2D eigenvalue weighted by Crippen LogP contribution is -2.29. The van der Waals surface area contributed by atoms with Crippen molar-refractivity contribution in [1.29, 1.82) is 0 Å². The van der Waals surface area contributed by atoms with Gasteiger partial charge in [-0.15, -0.1) is 0 Å². The van der Waals surface area contributed by atoms with Crippen LogP contribution in [0.2, 0.25) is 0 Å². The van der Waals surface area contributed by atoms with Crippen molar-refractivity contribution in [2.75, 3.05) is 24.5 Å². The fourth-order valence-electron chi connectivity index (χ4n) is 3.57. The van der Waals surface area contributed by atoms with Crippen molar-refractivity contribution >= 4 is 15.7 Å². The van der Waals surface area contributed by atoms with E-state index >= 15 is 0 Å². The number of benzene rings is 2. The van der Waals surface area contributed by atoms with Crippen molar-refractivity contribution in [3.63, 3.8) is 0 Å². The summed E-state index contributed by atoms with van der Waals surface area (Å²) in [5.41, 5.74) is 4.43. The molecule has 27 heavy (non-hydrogen) atoms. The van der Waals surface area contributed by atoms with Crippen LogP contribution in [0.1, 0.15) is 42.4 Å². The summed E-state index contributed by atoms with van der Waals surface area (Å²) in [6.07, 6.45) is 5.59. The van der Waals surface area contributed by atoms with Crippen LogP contribution < -0.4 is 9.62 Å². The number of anilines is 1. The number of nitrogens with zero attached hydrogens (tertiary/aromatic N) is 1. The molecule has 0 unspecified atom stereocenters. The second-order valence-corrected chi connectivity index (χ2v) is 9.20. The van der Waals surface area contributed by atoms with Crippen LogP contribution in [-0.2, 0) is 22.2 Å². The van der Waals surface area contributed by atoms with E-state index in [-0.39, 0.29) is 5.75 Å². The molecule has 1 N–H and O–H groups in total. The first-order valence-electron chi connectivity index (χ1n) is 9.89. The standard InChI is InChI=1S/C22H30N2O2S/c1-19-8-3-4-10-21(19)18-27(25,26)23-15-7-9-20-11-13-22(14-12-20)24-16-5-2-6-17-24/h3-4,8,10-14,23H,2,5-7,9,15-18H2,1H3. The zero-order chi connectivity index (χ0) is 19.1. The van der Waals surface area contributed by atoms with E-state index in [9.17, 15) is 8.42 Å². The summed E-state index contributed by atoms with van der Waals surface area (Å²) in [5, 5.41) is 0. The Hall–Kier alpha value is -1.85. The topological polar surface area (TPSA) is 49.4 Å². The van der Waals surface area contributed by atoms with E-state index in [0.717, 1.165) is 37.1 Å². The zero-order valence-corrected chi connectivity index (χ0v) is 17.0. The van der Waals surface area contributed by atoms with Gasteiger partial charge in [0.1, 0.15) is 0 Å². The molecule has 5 heteroatoms. The molecule has 1 aliphatic rings. The van der Waals surface area contributed by atoms with E-state index in [1.54, 1.807) is 0 Å². The number of hydrogen-bond acceptors (Lipinski definition) is 3. The number of nitrogens with one attached hydrogen (secondary N) is 1. The summed E-state index contributed by atoms with van der Waals surface area (Å²) in [7, 11) is -3.29. The van der Waals surface area contributed by atoms with E-state index in [1.807, 2.05) is 31.2 Å². The molecule has 2 aromatic rings. The Morgan fingerprint density at radius 3 is 2.37 bits per heavy atom. The lowest BCUT2D eigenvalue weighted by Gasteiger charge is -2.28. The van der Waals surface area contributed by atoms with Crippen LogP contribution in [0.3, 0.4) is 0 Å². The van der Waals surface area contributed by atoms with Gasteiger partial charge >= 0.3 is 0 Å². The van der Waals surface area contributed by atoms with Crippen molar-refractivity contribution in [2.45, 2.75) is 44.8 Å². The van der Waals surface area contributed by atoms with E-state index < -0.39 is 10.0 Å². The second kappa shape index (κ2) is 9.38. The van der Waals surface area contributed by atoms with Crippen molar-refractivity contribution in [1.82, 2.24) is 4.72 Å². The van der Waals surface area contributed by atoms with Crippen molar-refractivity contribution < 1.29 is 8.42 Å². The Balaban J connectivity index is 1.43. The summed E-state index contributed by atoms with van der Waals surface area (Å²) in [5.74, 6) is 0.0458. The molecule has 0 radical (unpaired) electrons. The maximum atomic E-state index is 12.3. The van der Waals surface area contributed by atoms with Gasteiger partial charge in [0.15, 0.2) is 0 Å². The fourth-order valence-corrected chi connectivity index (χ4v) is 4.86. The quantitative estimate of drug-likeness (QED) is 0.697. The first kappa shape index (κ1) is 19.9. The van der Waals surface area contributed by atoms with Crippen molar-refractivity contribution in [3.8, 4) is 0 Å². The van der Waals surface area contributed by atoms with Crippen LogP contribution in [0.25, 0.3) is 0 Å². The Kier molecular flexibility index (Phi) is 6.91. The molecule has 1 saturated heterocycles. The van der Waals surface area contributed by atoms with E-state index in [4.69, 9.17) is 0 Å². The predicted octanol–water partition coefficient (Wildman–Crippen LogP) is 4.04. The molecule has 0 aliphatic carbocycles. The third-order valence-electron chi connectivity index (χ3n) is 5.23. The summed E-state index contributed by atoms with van der Waals surface area (Å²) >= 11 is 0. The number of piperidine rings is 1. The molecule has 0 saturated carbocycles. The molecule has 0 amide bonds. The molecular weight excluding hydrogens is 356 g/mol. The van der Waals surface area contributed by atoms with Crippen molar-refractivity contribution in [3.05, 3.63) is 65.2 Å². The number of rotatable bonds is 8. The maximum absolute atomic E-state index is 12.3. The highest BCUT2D eigenvalue weighted by Crippen LogP contribution is 2.20. The van der Waals surface area contributed by atoms with Crippen LogP contribution in [0.5, 0.6) is 0 Å². The van der Waals surface area contributed by atoms with E-state index in [2.05, 4.69) is 33.9 Å². The first-order valence-corrected chi connectivity index (χ1v) is 11.5. The summed E-state index contributed by atoms with van der Waals surface area (Å²) in [6.45, 7) is 4.73. The Morgan fingerprint density at radius 1 is 0.963 bits per heavy atom.